The average molecular weight is 290 g/mol. The van der Waals surface area contributed by atoms with Crippen molar-refractivity contribution in [3.05, 3.63) is 42.5 Å². The van der Waals surface area contributed by atoms with Crippen molar-refractivity contribution < 1.29 is 5.11 Å². The third kappa shape index (κ3) is 4.47. The van der Waals surface area contributed by atoms with Crippen LogP contribution in [0, 0.1) is 5.92 Å². The topological polar surface area (TPSA) is 70.9 Å². The summed E-state index contributed by atoms with van der Waals surface area (Å²) in [6, 6.07) is 5.81. The molecule has 1 atom stereocenters. The summed E-state index contributed by atoms with van der Waals surface area (Å²) in [7, 11) is 0. The van der Waals surface area contributed by atoms with E-state index in [-0.39, 0.29) is 12.5 Å². The van der Waals surface area contributed by atoms with Gasteiger partial charge in [-0.3, -0.25) is 9.97 Å². The second-order valence-electron chi connectivity index (χ2n) is 4.40. The molecule has 2 aromatic rings. The zero-order chi connectivity index (χ0) is 14.2. The van der Waals surface area contributed by atoms with E-state index in [9.17, 15) is 5.11 Å². The van der Waals surface area contributed by atoms with Crippen LogP contribution in [0.25, 0.3) is 0 Å². The molecule has 0 aliphatic heterocycles. The number of nitrogens with zero attached hydrogens (tertiary/aromatic N) is 3. The molecule has 6 heteroatoms. The van der Waals surface area contributed by atoms with Crippen LogP contribution >= 0.6 is 11.8 Å². The van der Waals surface area contributed by atoms with Crippen molar-refractivity contribution in [2.45, 2.75) is 11.4 Å². The van der Waals surface area contributed by atoms with Gasteiger partial charge in [-0.25, -0.2) is 4.98 Å². The van der Waals surface area contributed by atoms with E-state index in [4.69, 9.17) is 0 Å². The second-order valence-corrected chi connectivity index (χ2v) is 5.23. The molecule has 0 aliphatic rings. The number of aromatic nitrogens is 3. The molecule has 0 aromatic carbocycles. The summed E-state index contributed by atoms with van der Waals surface area (Å²) < 4.78 is 0. The molecule has 0 fully saturated rings. The number of thioether (sulfide) groups is 1. The number of aliphatic hydroxyl groups is 1. The predicted octanol–water partition coefficient (Wildman–Crippen LogP) is 1.86. The molecule has 0 saturated carbocycles. The molecule has 5 nitrogen and oxygen atoms in total. The molecular formula is C14H18N4OS. The molecule has 0 spiro atoms. The highest BCUT2D eigenvalue weighted by Crippen LogP contribution is 2.13. The Morgan fingerprint density at radius 3 is 2.95 bits per heavy atom. The van der Waals surface area contributed by atoms with Gasteiger partial charge in [0, 0.05) is 31.0 Å². The van der Waals surface area contributed by atoms with Gasteiger partial charge in [0.25, 0.3) is 0 Å². The molecule has 20 heavy (non-hydrogen) atoms. The van der Waals surface area contributed by atoms with E-state index in [0.717, 1.165) is 23.0 Å². The quantitative estimate of drug-likeness (QED) is 0.758. The minimum absolute atomic E-state index is 0.102. The van der Waals surface area contributed by atoms with Crippen LogP contribution in [0.5, 0.6) is 0 Å². The second kappa shape index (κ2) is 7.81. The molecule has 0 saturated heterocycles. The van der Waals surface area contributed by atoms with Gasteiger partial charge < -0.3 is 10.4 Å². The van der Waals surface area contributed by atoms with E-state index < -0.39 is 0 Å². The molecule has 2 N–H and O–H groups in total. The number of nitrogens with one attached hydrogen (secondary N) is 1. The van der Waals surface area contributed by atoms with Crippen LogP contribution in [0.2, 0.25) is 0 Å². The molecular weight excluding hydrogens is 272 g/mol. The molecule has 0 bridgehead atoms. The van der Waals surface area contributed by atoms with Crippen LogP contribution in [0.15, 0.2) is 41.8 Å². The Kier molecular flexibility index (Phi) is 5.76. The lowest BCUT2D eigenvalue weighted by atomic mass is 10.0. The van der Waals surface area contributed by atoms with Crippen molar-refractivity contribution in [1.82, 2.24) is 15.0 Å². The molecule has 1 unspecified atom stereocenters. The molecule has 2 heterocycles. The summed E-state index contributed by atoms with van der Waals surface area (Å²) in [6.45, 7) is 0.749. The molecule has 0 aliphatic carbocycles. The molecule has 0 radical (unpaired) electrons. The summed E-state index contributed by atoms with van der Waals surface area (Å²) in [5, 5.41) is 13.5. The van der Waals surface area contributed by atoms with Crippen LogP contribution in [0.3, 0.4) is 0 Å². The summed E-state index contributed by atoms with van der Waals surface area (Å²) in [6.07, 6.45) is 7.89. The van der Waals surface area contributed by atoms with Crippen molar-refractivity contribution in [2.75, 3.05) is 24.7 Å². The van der Waals surface area contributed by atoms with Gasteiger partial charge in [-0.2, -0.15) is 0 Å². The van der Waals surface area contributed by atoms with Crippen molar-refractivity contribution >= 4 is 17.6 Å². The van der Waals surface area contributed by atoms with Crippen LogP contribution in [0.1, 0.15) is 5.69 Å². The standard InChI is InChI=1S/C14H18N4OS/c1-20-14-9-15-8-13(18-14)17-7-11(10-19)6-12-4-2-3-5-16-12/h2-5,8-9,11,19H,6-7,10H2,1H3,(H,17,18). The van der Waals surface area contributed by atoms with Gasteiger partial charge in [0.1, 0.15) is 10.8 Å². The number of pyridine rings is 1. The van der Waals surface area contributed by atoms with Gasteiger partial charge in [0.15, 0.2) is 0 Å². The SMILES string of the molecule is CSc1cncc(NCC(CO)Cc2ccccn2)n1. The van der Waals surface area contributed by atoms with Crippen molar-refractivity contribution in [3.63, 3.8) is 0 Å². The maximum Gasteiger partial charge on any atom is 0.145 e. The Morgan fingerprint density at radius 2 is 2.25 bits per heavy atom. The van der Waals surface area contributed by atoms with E-state index in [1.165, 1.54) is 0 Å². The van der Waals surface area contributed by atoms with Gasteiger partial charge in [0.2, 0.25) is 0 Å². The molecule has 0 amide bonds. The van der Waals surface area contributed by atoms with Gasteiger partial charge >= 0.3 is 0 Å². The minimum Gasteiger partial charge on any atom is -0.396 e. The number of hydrogen-bond acceptors (Lipinski definition) is 6. The van der Waals surface area contributed by atoms with Crippen molar-refractivity contribution in [1.29, 1.82) is 0 Å². The van der Waals surface area contributed by atoms with Gasteiger partial charge in [-0.15, -0.1) is 11.8 Å². The fourth-order valence-electron chi connectivity index (χ4n) is 1.80. The highest BCUT2D eigenvalue weighted by atomic mass is 32.2. The summed E-state index contributed by atoms with van der Waals surface area (Å²) in [5.74, 6) is 0.834. The third-order valence-corrected chi connectivity index (χ3v) is 3.49. The summed E-state index contributed by atoms with van der Waals surface area (Å²) in [4.78, 5) is 12.8. The van der Waals surface area contributed by atoms with Crippen LogP contribution in [-0.4, -0.2) is 39.5 Å². The zero-order valence-corrected chi connectivity index (χ0v) is 12.2. The first-order valence-electron chi connectivity index (χ1n) is 6.42. The van der Waals surface area contributed by atoms with Crippen LogP contribution < -0.4 is 5.32 Å². The number of anilines is 1. The zero-order valence-electron chi connectivity index (χ0n) is 11.4. The number of aliphatic hydroxyl groups excluding tert-OH is 1. The first kappa shape index (κ1) is 14.7. The van der Waals surface area contributed by atoms with Gasteiger partial charge in [0.05, 0.1) is 12.4 Å². The lowest BCUT2D eigenvalue weighted by Gasteiger charge is -2.15. The highest BCUT2D eigenvalue weighted by Gasteiger charge is 2.10. The van der Waals surface area contributed by atoms with E-state index in [1.54, 1.807) is 30.4 Å². The third-order valence-electron chi connectivity index (χ3n) is 2.88. The van der Waals surface area contributed by atoms with E-state index in [0.29, 0.717) is 6.54 Å². The summed E-state index contributed by atoms with van der Waals surface area (Å²) >= 11 is 1.55. The maximum atomic E-state index is 9.46. The Balaban J connectivity index is 1.90. The fraction of sp³-hybridized carbons (Fsp3) is 0.357. The van der Waals surface area contributed by atoms with Crippen LogP contribution in [0.4, 0.5) is 5.82 Å². The maximum absolute atomic E-state index is 9.46. The molecule has 2 aromatic heterocycles. The smallest absolute Gasteiger partial charge is 0.145 e. The lowest BCUT2D eigenvalue weighted by molar-refractivity contribution is 0.232. The monoisotopic (exact) mass is 290 g/mol. The Labute approximate surface area is 122 Å². The van der Waals surface area contributed by atoms with E-state index in [1.807, 2.05) is 24.5 Å². The first-order valence-corrected chi connectivity index (χ1v) is 7.65. The van der Waals surface area contributed by atoms with Gasteiger partial charge in [-0.05, 0) is 24.8 Å². The summed E-state index contributed by atoms with van der Waals surface area (Å²) in [5.41, 5.74) is 0.984. The minimum atomic E-state index is 0.102. The molecule has 2 rings (SSSR count). The Bertz CT molecular complexity index is 524. The van der Waals surface area contributed by atoms with Crippen molar-refractivity contribution in [2.24, 2.45) is 5.92 Å². The van der Waals surface area contributed by atoms with Crippen LogP contribution in [-0.2, 0) is 6.42 Å². The Morgan fingerprint density at radius 1 is 1.35 bits per heavy atom. The van der Waals surface area contributed by atoms with E-state index >= 15 is 0 Å². The van der Waals surface area contributed by atoms with Crippen molar-refractivity contribution in [3.8, 4) is 0 Å². The predicted molar refractivity (Wildman–Crippen MR) is 80.8 cm³/mol. The van der Waals surface area contributed by atoms with E-state index in [2.05, 4.69) is 20.3 Å². The van der Waals surface area contributed by atoms with Gasteiger partial charge in [-0.1, -0.05) is 6.07 Å². The fourth-order valence-corrected chi connectivity index (χ4v) is 2.15. The largest absolute Gasteiger partial charge is 0.396 e. The number of hydrogen-bond donors (Lipinski definition) is 2. The lowest BCUT2D eigenvalue weighted by Crippen LogP contribution is -2.21. The first-order chi connectivity index (χ1) is 9.81. The highest BCUT2D eigenvalue weighted by molar-refractivity contribution is 7.98. The number of rotatable bonds is 7. The Hall–Kier alpha value is -1.66. The average Bonchev–Trinajstić information content (AvgIpc) is 2.52. The molecule has 106 valence electrons. The normalized spacial score (nSPS) is 12.1.